The van der Waals surface area contributed by atoms with Gasteiger partial charge in [-0.1, -0.05) is 31.4 Å². The number of carbonyl (C=O) groups excluding carboxylic acids is 1. The summed E-state index contributed by atoms with van der Waals surface area (Å²) in [5.41, 5.74) is 3.20. The molecule has 2 N–H and O–H groups in total. The SMILES string of the molecule is Cc1cc(O)cc(C)c1C=C[C@@H]1CCC(=O)[C@H]1CCCCCCC(=O)O. The van der Waals surface area contributed by atoms with E-state index in [0.29, 0.717) is 12.2 Å². The van der Waals surface area contributed by atoms with E-state index >= 15 is 0 Å². The molecular formula is C22H30O4. The highest BCUT2D eigenvalue weighted by molar-refractivity contribution is 5.84. The summed E-state index contributed by atoms with van der Waals surface area (Å²) in [5.74, 6) is 0.303. The first-order valence-corrected chi connectivity index (χ1v) is 9.61. The third-order valence-electron chi connectivity index (χ3n) is 5.40. The number of aryl methyl sites for hydroxylation is 2. The predicted molar refractivity (Wildman–Crippen MR) is 103 cm³/mol. The fraction of sp³-hybridized carbons (Fsp3) is 0.545. The van der Waals surface area contributed by atoms with E-state index in [-0.39, 0.29) is 24.0 Å². The van der Waals surface area contributed by atoms with Crippen molar-refractivity contribution in [3.63, 3.8) is 0 Å². The Morgan fingerprint density at radius 3 is 2.46 bits per heavy atom. The zero-order valence-electron chi connectivity index (χ0n) is 15.8. The third-order valence-corrected chi connectivity index (χ3v) is 5.40. The average Bonchev–Trinajstić information content (AvgIpc) is 2.90. The maximum Gasteiger partial charge on any atom is 0.303 e. The van der Waals surface area contributed by atoms with Crippen molar-refractivity contribution in [2.75, 3.05) is 0 Å². The normalized spacial score (nSPS) is 20.2. The van der Waals surface area contributed by atoms with Gasteiger partial charge in [0.25, 0.3) is 0 Å². The molecule has 0 aliphatic heterocycles. The Labute approximate surface area is 155 Å². The summed E-state index contributed by atoms with van der Waals surface area (Å²) in [6.07, 6.45) is 10.6. The molecule has 142 valence electrons. The highest BCUT2D eigenvalue weighted by Gasteiger charge is 2.32. The molecule has 2 rings (SSSR count). The second-order valence-electron chi connectivity index (χ2n) is 7.47. The number of aromatic hydroxyl groups is 1. The van der Waals surface area contributed by atoms with Gasteiger partial charge in [0.1, 0.15) is 11.5 Å². The van der Waals surface area contributed by atoms with E-state index in [9.17, 15) is 14.7 Å². The fourth-order valence-electron chi connectivity index (χ4n) is 3.97. The van der Waals surface area contributed by atoms with Gasteiger partial charge in [-0.25, -0.2) is 0 Å². The number of allylic oxidation sites excluding steroid dienone is 1. The molecule has 1 saturated carbocycles. The first-order chi connectivity index (χ1) is 12.4. The molecule has 0 amide bonds. The lowest BCUT2D eigenvalue weighted by Gasteiger charge is -2.15. The smallest absolute Gasteiger partial charge is 0.303 e. The van der Waals surface area contributed by atoms with Crippen molar-refractivity contribution < 1.29 is 19.8 Å². The van der Waals surface area contributed by atoms with E-state index in [2.05, 4.69) is 12.2 Å². The number of carboxylic acids is 1. The summed E-state index contributed by atoms with van der Waals surface area (Å²) in [4.78, 5) is 22.8. The summed E-state index contributed by atoms with van der Waals surface area (Å²) in [7, 11) is 0. The molecule has 0 heterocycles. The van der Waals surface area contributed by atoms with Crippen LogP contribution in [0, 0.1) is 25.7 Å². The maximum atomic E-state index is 12.2. The van der Waals surface area contributed by atoms with Crippen LogP contribution in [-0.4, -0.2) is 22.0 Å². The van der Waals surface area contributed by atoms with Gasteiger partial charge < -0.3 is 10.2 Å². The first kappa shape index (κ1) is 20.2. The number of aliphatic carboxylic acids is 1. The molecule has 0 radical (unpaired) electrons. The van der Waals surface area contributed by atoms with Crippen molar-refractivity contribution in [1.82, 2.24) is 0 Å². The van der Waals surface area contributed by atoms with E-state index in [4.69, 9.17) is 5.11 Å². The molecule has 4 heteroatoms. The quantitative estimate of drug-likeness (QED) is 0.606. The Bertz CT molecular complexity index is 652. The third kappa shape index (κ3) is 5.72. The van der Waals surface area contributed by atoms with E-state index < -0.39 is 5.97 Å². The Hall–Kier alpha value is -2.10. The Balaban J connectivity index is 1.90. The van der Waals surface area contributed by atoms with E-state index in [1.807, 2.05) is 13.8 Å². The molecule has 0 saturated heterocycles. The zero-order chi connectivity index (χ0) is 19.1. The predicted octanol–water partition coefficient (Wildman–Crippen LogP) is 5.04. The zero-order valence-corrected chi connectivity index (χ0v) is 15.8. The van der Waals surface area contributed by atoms with Crippen molar-refractivity contribution in [2.45, 2.75) is 65.2 Å². The Kier molecular flexibility index (Phi) is 7.43. The van der Waals surface area contributed by atoms with Crippen LogP contribution in [0.15, 0.2) is 18.2 Å². The van der Waals surface area contributed by atoms with Crippen molar-refractivity contribution in [3.8, 4) is 5.75 Å². The molecule has 0 unspecified atom stereocenters. The van der Waals surface area contributed by atoms with Crippen molar-refractivity contribution >= 4 is 17.8 Å². The molecule has 1 aliphatic rings. The monoisotopic (exact) mass is 358 g/mol. The molecule has 0 aromatic heterocycles. The molecular weight excluding hydrogens is 328 g/mol. The van der Waals surface area contributed by atoms with Gasteiger partial charge in [-0.05, 0) is 67.9 Å². The molecule has 1 aliphatic carbocycles. The topological polar surface area (TPSA) is 74.6 Å². The second-order valence-corrected chi connectivity index (χ2v) is 7.47. The standard InChI is InChI=1S/C22H30O4/c1-15-13-18(23)14-16(2)19(15)11-9-17-10-12-21(24)20(17)7-5-3-4-6-8-22(25)26/h9,11,13-14,17,20,23H,3-8,10,12H2,1-2H3,(H,25,26)/t17-,20+/m1/s1. The molecule has 26 heavy (non-hydrogen) atoms. The van der Waals surface area contributed by atoms with E-state index in [0.717, 1.165) is 55.2 Å². The molecule has 4 nitrogen and oxygen atoms in total. The molecule has 0 bridgehead atoms. The van der Waals surface area contributed by atoms with Gasteiger partial charge in [-0.15, -0.1) is 0 Å². The van der Waals surface area contributed by atoms with Gasteiger partial charge in [-0.2, -0.15) is 0 Å². The van der Waals surface area contributed by atoms with Gasteiger partial charge in [0.05, 0.1) is 0 Å². The van der Waals surface area contributed by atoms with Crippen LogP contribution in [-0.2, 0) is 9.59 Å². The number of phenolic OH excluding ortho intramolecular Hbond substituents is 1. The van der Waals surface area contributed by atoms with Crippen molar-refractivity contribution in [2.24, 2.45) is 11.8 Å². The lowest BCUT2D eigenvalue weighted by Crippen LogP contribution is -2.13. The highest BCUT2D eigenvalue weighted by Crippen LogP contribution is 2.35. The summed E-state index contributed by atoms with van der Waals surface area (Å²) < 4.78 is 0. The van der Waals surface area contributed by atoms with Crippen LogP contribution in [0.5, 0.6) is 5.75 Å². The molecule has 2 atom stereocenters. The van der Waals surface area contributed by atoms with Crippen LogP contribution in [0.1, 0.15) is 68.1 Å². The number of carbonyl (C=O) groups is 2. The lowest BCUT2D eigenvalue weighted by molar-refractivity contribution is -0.137. The van der Waals surface area contributed by atoms with Gasteiger partial charge in [0.2, 0.25) is 0 Å². The molecule has 1 aromatic rings. The van der Waals surface area contributed by atoms with Crippen LogP contribution < -0.4 is 0 Å². The maximum absolute atomic E-state index is 12.2. The number of carboxylic acid groups (broad SMARTS) is 1. The number of ketones is 1. The summed E-state index contributed by atoms with van der Waals surface area (Å²) in [6.45, 7) is 3.97. The highest BCUT2D eigenvalue weighted by atomic mass is 16.4. The van der Waals surface area contributed by atoms with Crippen molar-refractivity contribution in [3.05, 3.63) is 34.9 Å². The minimum absolute atomic E-state index is 0.100. The van der Waals surface area contributed by atoms with Crippen LogP contribution in [0.3, 0.4) is 0 Å². The number of phenols is 1. The van der Waals surface area contributed by atoms with Gasteiger partial charge in [0, 0.05) is 18.8 Å². The number of hydrogen-bond donors (Lipinski definition) is 2. The largest absolute Gasteiger partial charge is 0.508 e. The Morgan fingerprint density at radius 1 is 1.15 bits per heavy atom. The molecule has 1 fully saturated rings. The minimum atomic E-state index is -0.735. The number of hydrogen-bond acceptors (Lipinski definition) is 3. The summed E-state index contributed by atoms with van der Waals surface area (Å²) in [5, 5.41) is 18.3. The Morgan fingerprint density at radius 2 is 1.81 bits per heavy atom. The van der Waals surface area contributed by atoms with Gasteiger partial charge in [-0.3, -0.25) is 9.59 Å². The van der Waals surface area contributed by atoms with Crippen LogP contribution in [0.25, 0.3) is 6.08 Å². The summed E-state index contributed by atoms with van der Waals surface area (Å²) in [6, 6.07) is 3.53. The van der Waals surface area contributed by atoms with Crippen LogP contribution in [0.2, 0.25) is 0 Å². The molecule has 0 spiro atoms. The van der Waals surface area contributed by atoms with Crippen LogP contribution in [0.4, 0.5) is 0 Å². The number of benzene rings is 1. The number of Topliss-reactive ketones (excluding diaryl/α,β-unsaturated/α-hetero) is 1. The first-order valence-electron chi connectivity index (χ1n) is 9.61. The fourth-order valence-corrected chi connectivity index (χ4v) is 3.97. The minimum Gasteiger partial charge on any atom is -0.508 e. The summed E-state index contributed by atoms with van der Waals surface area (Å²) >= 11 is 0. The van der Waals surface area contributed by atoms with Crippen LogP contribution >= 0.6 is 0 Å². The van der Waals surface area contributed by atoms with Gasteiger partial charge in [0.15, 0.2) is 0 Å². The molecule has 1 aromatic carbocycles. The van der Waals surface area contributed by atoms with Gasteiger partial charge >= 0.3 is 5.97 Å². The lowest BCUT2D eigenvalue weighted by atomic mass is 9.88. The second kappa shape index (κ2) is 9.56. The van der Waals surface area contributed by atoms with E-state index in [1.165, 1.54) is 0 Å². The number of rotatable bonds is 9. The number of unbranched alkanes of at least 4 members (excludes halogenated alkanes) is 3. The average molecular weight is 358 g/mol. The van der Waals surface area contributed by atoms with E-state index in [1.54, 1.807) is 12.1 Å². The van der Waals surface area contributed by atoms with Crippen molar-refractivity contribution in [1.29, 1.82) is 0 Å².